The van der Waals surface area contributed by atoms with Gasteiger partial charge >= 0.3 is 0 Å². The van der Waals surface area contributed by atoms with E-state index in [2.05, 4.69) is 5.32 Å². The van der Waals surface area contributed by atoms with Crippen molar-refractivity contribution in [3.05, 3.63) is 50.3 Å². The monoisotopic (exact) mass is 330 g/mol. The second-order valence-electron chi connectivity index (χ2n) is 5.69. The van der Waals surface area contributed by atoms with Crippen LogP contribution in [0.25, 0.3) is 0 Å². The number of hydrogen-bond acceptors (Lipinski definition) is 6. The molecule has 0 aromatic heterocycles. The summed E-state index contributed by atoms with van der Waals surface area (Å²) in [4.78, 5) is 37.2. The fourth-order valence-corrected chi connectivity index (χ4v) is 2.75. The molecule has 0 spiro atoms. The molecule has 0 saturated carbocycles. The summed E-state index contributed by atoms with van der Waals surface area (Å²) in [7, 11) is 0. The van der Waals surface area contributed by atoms with Gasteiger partial charge in [-0.05, 0) is 31.5 Å². The van der Waals surface area contributed by atoms with Crippen LogP contribution >= 0.6 is 0 Å². The van der Waals surface area contributed by atoms with E-state index in [1.807, 2.05) is 0 Å². The summed E-state index contributed by atoms with van der Waals surface area (Å²) < 4.78 is 5.16. The highest BCUT2D eigenvalue weighted by Gasteiger charge is 2.26. The van der Waals surface area contributed by atoms with E-state index in [1.165, 1.54) is 0 Å². The molecule has 1 aliphatic heterocycles. The van der Waals surface area contributed by atoms with Gasteiger partial charge in [-0.25, -0.2) is 0 Å². The SMILES string of the molecule is CCOc1c(Nc2cccc(C(=O)N3CCC(O)C3)c2)c(=O)c1=O. The largest absolute Gasteiger partial charge is 0.488 e. The summed E-state index contributed by atoms with van der Waals surface area (Å²) in [6, 6.07) is 6.67. The molecule has 1 unspecified atom stereocenters. The average Bonchev–Trinajstić information content (AvgIpc) is 3.03. The van der Waals surface area contributed by atoms with Crippen LogP contribution in [-0.2, 0) is 0 Å². The lowest BCUT2D eigenvalue weighted by Gasteiger charge is -2.17. The Morgan fingerprint density at radius 2 is 2.17 bits per heavy atom. The Morgan fingerprint density at radius 1 is 1.38 bits per heavy atom. The molecule has 1 heterocycles. The third-order valence-electron chi connectivity index (χ3n) is 3.98. The molecule has 2 N–H and O–H groups in total. The van der Waals surface area contributed by atoms with Crippen LogP contribution in [0.4, 0.5) is 11.4 Å². The minimum absolute atomic E-state index is 0.0295. The van der Waals surface area contributed by atoms with Crippen LogP contribution in [0.2, 0.25) is 0 Å². The molecule has 1 fully saturated rings. The third kappa shape index (κ3) is 2.90. The molecular weight excluding hydrogens is 312 g/mol. The Bertz CT molecular complexity index is 838. The third-order valence-corrected chi connectivity index (χ3v) is 3.98. The molecule has 0 bridgehead atoms. The molecule has 7 nitrogen and oxygen atoms in total. The van der Waals surface area contributed by atoms with Crippen LogP contribution < -0.4 is 20.9 Å². The lowest BCUT2D eigenvalue weighted by molar-refractivity contribution is 0.0765. The number of anilines is 2. The lowest BCUT2D eigenvalue weighted by atomic mass is 10.1. The maximum absolute atomic E-state index is 12.4. The highest BCUT2D eigenvalue weighted by Crippen LogP contribution is 2.24. The van der Waals surface area contributed by atoms with Crippen molar-refractivity contribution in [3.63, 3.8) is 0 Å². The van der Waals surface area contributed by atoms with Gasteiger partial charge in [-0.1, -0.05) is 6.07 Å². The summed E-state index contributed by atoms with van der Waals surface area (Å²) in [5.41, 5.74) is -0.182. The number of aliphatic hydroxyl groups is 1. The number of nitrogens with one attached hydrogen (secondary N) is 1. The Hall–Kier alpha value is -2.67. The van der Waals surface area contributed by atoms with Gasteiger partial charge in [0.05, 0.1) is 12.7 Å². The standard InChI is InChI=1S/C17H18N2O5/c1-2-24-16-13(14(21)15(16)22)18-11-5-3-4-10(8-11)17(23)19-7-6-12(20)9-19/h3-5,8,12,18,20H,2,6-7,9H2,1H3. The zero-order chi connectivity index (χ0) is 17.3. The number of amides is 1. The number of hydrogen-bond donors (Lipinski definition) is 2. The van der Waals surface area contributed by atoms with Crippen LogP contribution in [0.3, 0.4) is 0 Å². The van der Waals surface area contributed by atoms with Crippen molar-refractivity contribution < 1.29 is 14.6 Å². The van der Waals surface area contributed by atoms with Crippen molar-refractivity contribution in [3.8, 4) is 5.75 Å². The molecule has 7 heteroatoms. The maximum Gasteiger partial charge on any atom is 0.272 e. The first-order valence-electron chi connectivity index (χ1n) is 7.81. The van der Waals surface area contributed by atoms with E-state index in [1.54, 1.807) is 36.1 Å². The Morgan fingerprint density at radius 3 is 2.83 bits per heavy atom. The Kier molecular flexibility index (Phi) is 4.35. The number of ether oxygens (including phenoxy) is 1. The number of aliphatic hydroxyl groups excluding tert-OH is 1. The van der Waals surface area contributed by atoms with Crippen molar-refractivity contribution in [1.29, 1.82) is 0 Å². The van der Waals surface area contributed by atoms with Gasteiger partial charge in [0.1, 0.15) is 5.69 Å². The van der Waals surface area contributed by atoms with Crippen LogP contribution in [0.1, 0.15) is 23.7 Å². The molecule has 1 aliphatic rings. The van der Waals surface area contributed by atoms with Gasteiger partial charge in [-0.15, -0.1) is 0 Å². The van der Waals surface area contributed by atoms with Crippen molar-refractivity contribution in [2.45, 2.75) is 19.4 Å². The number of β-amino-alcohol motifs (C(OH)–C–C–N with tert-alkyl or cyclic N) is 1. The van der Waals surface area contributed by atoms with Crippen molar-refractivity contribution in [2.24, 2.45) is 0 Å². The number of carbonyl (C=O) groups is 1. The molecule has 0 radical (unpaired) electrons. The van der Waals surface area contributed by atoms with Crippen LogP contribution in [0.5, 0.6) is 5.75 Å². The van der Waals surface area contributed by atoms with Gasteiger partial charge in [-0.2, -0.15) is 0 Å². The zero-order valence-electron chi connectivity index (χ0n) is 13.2. The summed E-state index contributed by atoms with van der Waals surface area (Å²) >= 11 is 0. The van der Waals surface area contributed by atoms with E-state index in [4.69, 9.17) is 4.74 Å². The number of likely N-dealkylation sites (tertiary alicyclic amines) is 1. The number of nitrogens with zero attached hydrogens (tertiary/aromatic N) is 1. The van der Waals surface area contributed by atoms with Crippen LogP contribution in [0.15, 0.2) is 33.9 Å². The Labute approximate surface area is 138 Å². The van der Waals surface area contributed by atoms with Crippen molar-refractivity contribution in [1.82, 2.24) is 4.90 Å². The first kappa shape index (κ1) is 16.2. The van der Waals surface area contributed by atoms with Gasteiger partial charge in [0.15, 0.2) is 5.75 Å². The molecule has 1 amide bonds. The van der Waals surface area contributed by atoms with Gasteiger partial charge in [0.2, 0.25) is 0 Å². The molecule has 1 atom stereocenters. The molecule has 0 aliphatic carbocycles. The molecular formula is C17H18N2O5. The second kappa shape index (κ2) is 6.45. The topological polar surface area (TPSA) is 95.9 Å². The van der Waals surface area contributed by atoms with Crippen molar-refractivity contribution >= 4 is 17.3 Å². The van der Waals surface area contributed by atoms with Crippen LogP contribution in [-0.4, -0.2) is 41.7 Å². The number of benzene rings is 1. The quantitative estimate of drug-likeness (QED) is 0.781. The van der Waals surface area contributed by atoms with E-state index >= 15 is 0 Å². The summed E-state index contributed by atoms with van der Waals surface area (Å²) in [5.74, 6) is -0.146. The highest BCUT2D eigenvalue weighted by molar-refractivity contribution is 5.95. The van der Waals surface area contributed by atoms with Gasteiger partial charge < -0.3 is 20.1 Å². The zero-order valence-corrected chi connectivity index (χ0v) is 13.2. The van der Waals surface area contributed by atoms with E-state index < -0.39 is 17.0 Å². The molecule has 3 rings (SSSR count). The highest BCUT2D eigenvalue weighted by atomic mass is 16.5. The predicted octanol–water partition coefficient (Wildman–Crippen LogP) is 0.632. The minimum Gasteiger partial charge on any atom is -0.488 e. The summed E-state index contributed by atoms with van der Waals surface area (Å²) in [5, 5.41) is 12.4. The summed E-state index contributed by atoms with van der Waals surface area (Å²) in [6.07, 6.45) is 0.0954. The van der Waals surface area contributed by atoms with Gasteiger partial charge in [-0.3, -0.25) is 14.4 Å². The molecule has 2 aromatic carbocycles. The fourth-order valence-electron chi connectivity index (χ4n) is 2.75. The fraction of sp³-hybridized carbons (Fsp3) is 0.353. The normalized spacial score (nSPS) is 17.2. The van der Waals surface area contributed by atoms with E-state index in [9.17, 15) is 19.5 Å². The smallest absolute Gasteiger partial charge is 0.272 e. The number of rotatable bonds is 5. The first-order valence-corrected chi connectivity index (χ1v) is 7.81. The van der Waals surface area contributed by atoms with Gasteiger partial charge in [0, 0.05) is 24.3 Å². The molecule has 2 aromatic rings. The van der Waals surface area contributed by atoms with Crippen LogP contribution in [0, 0.1) is 0 Å². The molecule has 126 valence electrons. The predicted molar refractivity (Wildman–Crippen MR) is 88.8 cm³/mol. The summed E-state index contributed by atoms with van der Waals surface area (Å²) in [6.45, 7) is 2.85. The van der Waals surface area contributed by atoms with E-state index in [-0.39, 0.29) is 24.0 Å². The minimum atomic E-state index is -0.641. The maximum atomic E-state index is 12.4. The molecule has 1 saturated heterocycles. The lowest BCUT2D eigenvalue weighted by Crippen LogP contribution is -2.35. The first-order chi connectivity index (χ1) is 11.5. The Balaban J connectivity index is 1.79. The van der Waals surface area contributed by atoms with E-state index in [0.717, 1.165) is 0 Å². The van der Waals surface area contributed by atoms with Gasteiger partial charge in [0.25, 0.3) is 16.8 Å². The van der Waals surface area contributed by atoms with E-state index in [0.29, 0.717) is 30.8 Å². The second-order valence-corrected chi connectivity index (χ2v) is 5.69. The molecule has 24 heavy (non-hydrogen) atoms. The van der Waals surface area contributed by atoms with Crippen molar-refractivity contribution in [2.75, 3.05) is 25.0 Å². The number of carbonyl (C=O) groups excluding carboxylic acids is 1. The average molecular weight is 330 g/mol.